The summed E-state index contributed by atoms with van der Waals surface area (Å²) in [6.45, 7) is 2.49. The van der Waals surface area contributed by atoms with Crippen LogP contribution in [0, 0.1) is 5.92 Å². The molecule has 1 aliphatic carbocycles. The van der Waals surface area contributed by atoms with E-state index >= 15 is 0 Å². The summed E-state index contributed by atoms with van der Waals surface area (Å²) in [6, 6.07) is 12.2. The molecular formula is C18H22BrN3O. The lowest BCUT2D eigenvalue weighted by atomic mass is 10.2. The number of rotatable bonds is 7. The molecule has 1 aliphatic rings. The van der Waals surface area contributed by atoms with Gasteiger partial charge in [-0.15, -0.1) is 0 Å². The minimum atomic E-state index is 0.675. The molecule has 0 spiro atoms. The second-order valence-corrected chi connectivity index (χ2v) is 6.79. The normalized spacial score (nSPS) is 14.7. The van der Waals surface area contributed by atoms with Crippen LogP contribution in [0.1, 0.15) is 24.2 Å². The van der Waals surface area contributed by atoms with Crippen molar-refractivity contribution in [3.05, 3.63) is 58.5 Å². The van der Waals surface area contributed by atoms with Crippen molar-refractivity contribution in [1.29, 1.82) is 0 Å². The Morgan fingerprint density at radius 3 is 2.70 bits per heavy atom. The van der Waals surface area contributed by atoms with Crippen LogP contribution in [0.3, 0.4) is 0 Å². The van der Waals surface area contributed by atoms with Crippen LogP contribution in [0.5, 0.6) is 0 Å². The van der Waals surface area contributed by atoms with Crippen molar-refractivity contribution in [3.8, 4) is 0 Å². The van der Waals surface area contributed by atoms with E-state index in [2.05, 4.69) is 38.7 Å². The van der Waals surface area contributed by atoms with E-state index in [1.54, 1.807) is 6.26 Å². The number of benzene rings is 1. The fraction of sp³-hybridized carbons (Fsp3) is 0.389. The summed E-state index contributed by atoms with van der Waals surface area (Å²) < 4.78 is 6.45. The van der Waals surface area contributed by atoms with Gasteiger partial charge in [-0.25, -0.2) is 4.99 Å². The maximum atomic E-state index is 5.36. The van der Waals surface area contributed by atoms with E-state index in [1.807, 2.05) is 24.3 Å². The van der Waals surface area contributed by atoms with Crippen LogP contribution in [-0.4, -0.2) is 19.0 Å². The monoisotopic (exact) mass is 375 g/mol. The number of hydrogen-bond acceptors (Lipinski definition) is 2. The Balaban J connectivity index is 1.52. The first-order valence-electron chi connectivity index (χ1n) is 8.08. The fourth-order valence-electron chi connectivity index (χ4n) is 2.26. The van der Waals surface area contributed by atoms with Crippen molar-refractivity contribution in [3.63, 3.8) is 0 Å². The van der Waals surface area contributed by atoms with E-state index in [0.717, 1.165) is 41.6 Å². The standard InChI is InChI=1S/C18H22BrN3O/c19-16-7-5-15(6-8-16)13-22-18(21-12-14-3-4-14)20-10-9-17-2-1-11-23-17/h1-2,5-8,11,14H,3-4,9-10,12-13H2,(H2,20,21,22). The summed E-state index contributed by atoms with van der Waals surface area (Å²) in [7, 11) is 0. The number of aliphatic imine (C=N–C) groups is 1. The van der Waals surface area contributed by atoms with Gasteiger partial charge in [0.05, 0.1) is 12.8 Å². The zero-order chi connectivity index (χ0) is 15.9. The summed E-state index contributed by atoms with van der Waals surface area (Å²) in [5.74, 6) is 2.69. The van der Waals surface area contributed by atoms with Crippen LogP contribution in [0.4, 0.5) is 0 Å². The lowest BCUT2D eigenvalue weighted by molar-refractivity contribution is 0.506. The Hall–Kier alpha value is -1.75. The van der Waals surface area contributed by atoms with Gasteiger partial charge in [-0.2, -0.15) is 0 Å². The van der Waals surface area contributed by atoms with Crippen molar-refractivity contribution < 1.29 is 4.42 Å². The molecule has 122 valence electrons. The molecule has 0 amide bonds. The van der Waals surface area contributed by atoms with E-state index in [1.165, 1.54) is 18.4 Å². The number of guanidine groups is 1. The minimum Gasteiger partial charge on any atom is -0.469 e. The van der Waals surface area contributed by atoms with E-state index in [-0.39, 0.29) is 0 Å². The number of hydrogen-bond donors (Lipinski definition) is 2. The fourth-order valence-corrected chi connectivity index (χ4v) is 2.52. The van der Waals surface area contributed by atoms with Gasteiger partial charge in [0, 0.05) is 24.0 Å². The van der Waals surface area contributed by atoms with Gasteiger partial charge in [0.1, 0.15) is 5.76 Å². The van der Waals surface area contributed by atoms with Crippen LogP contribution < -0.4 is 10.6 Å². The van der Waals surface area contributed by atoms with Crippen molar-refractivity contribution in [2.24, 2.45) is 10.9 Å². The SMILES string of the molecule is Brc1ccc(CN=C(NCCc2ccco2)NCC2CC2)cc1. The summed E-state index contributed by atoms with van der Waals surface area (Å²) in [6.07, 6.45) is 5.23. The molecule has 0 saturated heterocycles. The molecule has 1 aromatic heterocycles. The topological polar surface area (TPSA) is 49.6 Å². The lowest BCUT2D eigenvalue weighted by Gasteiger charge is -2.12. The van der Waals surface area contributed by atoms with Crippen molar-refractivity contribution in [2.75, 3.05) is 13.1 Å². The van der Waals surface area contributed by atoms with Gasteiger partial charge in [0.15, 0.2) is 5.96 Å². The van der Waals surface area contributed by atoms with E-state index < -0.39 is 0 Å². The van der Waals surface area contributed by atoms with Crippen molar-refractivity contribution in [1.82, 2.24) is 10.6 Å². The molecule has 5 heteroatoms. The summed E-state index contributed by atoms with van der Waals surface area (Å²) in [5, 5.41) is 6.83. The predicted molar refractivity (Wildman–Crippen MR) is 96.4 cm³/mol. The molecule has 2 aromatic rings. The first-order valence-corrected chi connectivity index (χ1v) is 8.88. The maximum absolute atomic E-state index is 5.36. The molecule has 0 unspecified atom stereocenters. The molecule has 1 aromatic carbocycles. The van der Waals surface area contributed by atoms with Gasteiger partial charge in [0.25, 0.3) is 0 Å². The van der Waals surface area contributed by atoms with Crippen LogP contribution >= 0.6 is 15.9 Å². The van der Waals surface area contributed by atoms with Gasteiger partial charge >= 0.3 is 0 Å². The van der Waals surface area contributed by atoms with Crippen LogP contribution in [0.15, 0.2) is 56.5 Å². The molecule has 0 radical (unpaired) electrons. The molecule has 1 saturated carbocycles. The molecule has 0 atom stereocenters. The molecule has 23 heavy (non-hydrogen) atoms. The molecule has 0 bridgehead atoms. The third kappa shape index (κ3) is 5.75. The lowest BCUT2D eigenvalue weighted by Crippen LogP contribution is -2.39. The molecule has 0 aliphatic heterocycles. The number of furan rings is 1. The Labute approximate surface area is 145 Å². The van der Waals surface area contributed by atoms with Crippen molar-refractivity contribution in [2.45, 2.75) is 25.8 Å². The Morgan fingerprint density at radius 2 is 2.00 bits per heavy atom. The van der Waals surface area contributed by atoms with Gasteiger partial charge in [-0.05, 0) is 48.6 Å². The minimum absolute atomic E-state index is 0.675. The van der Waals surface area contributed by atoms with Gasteiger partial charge in [-0.3, -0.25) is 0 Å². The Morgan fingerprint density at radius 1 is 1.17 bits per heavy atom. The predicted octanol–water partition coefficient (Wildman–Crippen LogP) is 3.73. The second kappa shape index (κ2) is 8.20. The zero-order valence-electron chi connectivity index (χ0n) is 13.1. The smallest absolute Gasteiger partial charge is 0.191 e. The number of nitrogens with zero attached hydrogens (tertiary/aromatic N) is 1. The molecule has 2 N–H and O–H groups in total. The number of halogens is 1. The third-order valence-electron chi connectivity index (χ3n) is 3.83. The molecule has 1 heterocycles. The summed E-state index contributed by atoms with van der Waals surface area (Å²) >= 11 is 3.46. The largest absolute Gasteiger partial charge is 0.469 e. The first kappa shape index (κ1) is 16.1. The van der Waals surface area contributed by atoms with Crippen LogP contribution in [-0.2, 0) is 13.0 Å². The third-order valence-corrected chi connectivity index (χ3v) is 4.36. The Kier molecular flexibility index (Phi) is 5.75. The first-order chi connectivity index (χ1) is 11.3. The summed E-state index contributed by atoms with van der Waals surface area (Å²) in [5.41, 5.74) is 1.20. The molecule has 3 rings (SSSR count). The van der Waals surface area contributed by atoms with Gasteiger partial charge in [-0.1, -0.05) is 28.1 Å². The van der Waals surface area contributed by atoms with Gasteiger partial charge in [0.2, 0.25) is 0 Å². The zero-order valence-corrected chi connectivity index (χ0v) is 14.7. The Bertz CT molecular complexity index is 618. The maximum Gasteiger partial charge on any atom is 0.191 e. The van der Waals surface area contributed by atoms with Crippen LogP contribution in [0.2, 0.25) is 0 Å². The van der Waals surface area contributed by atoms with Crippen molar-refractivity contribution >= 4 is 21.9 Å². The van der Waals surface area contributed by atoms with E-state index in [9.17, 15) is 0 Å². The second-order valence-electron chi connectivity index (χ2n) is 5.87. The highest BCUT2D eigenvalue weighted by molar-refractivity contribution is 9.10. The molecule has 1 fully saturated rings. The van der Waals surface area contributed by atoms with Gasteiger partial charge < -0.3 is 15.1 Å². The van der Waals surface area contributed by atoms with E-state index in [0.29, 0.717) is 6.54 Å². The highest BCUT2D eigenvalue weighted by atomic mass is 79.9. The molecular weight excluding hydrogens is 354 g/mol. The molecule has 4 nitrogen and oxygen atoms in total. The van der Waals surface area contributed by atoms with E-state index in [4.69, 9.17) is 9.41 Å². The highest BCUT2D eigenvalue weighted by Gasteiger charge is 2.21. The van der Waals surface area contributed by atoms with Crippen LogP contribution in [0.25, 0.3) is 0 Å². The summed E-state index contributed by atoms with van der Waals surface area (Å²) in [4.78, 5) is 4.69. The quantitative estimate of drug-likeness (QED) is 0.572. The average Bonchev–Trinajstić information content (AvgIpc) is 3.25. The average molecular weight is 376 g/mol. The number of nitrogens with one attached hydrogen (secondary N) is 2. The highest BCUT2D eigenvalue weighted by Crippen LogP contribution is 2.27.